The van der Waals surface area contributed by atoms with Crippen LogP contribution in [0, 0.1) is 17.5 Å². The zero-order valence-corrected chi connectivity index (χ0v) is 7.81. The summed E-state index contributed by atoms with van der Waals surface area (Å²) in [6.07, 6.45) is 0. The number of hydrogen-bond donors (Lipinski definition) is 1. The molecule has 0 spiro atoms. The first kappa shape index (κ1) is 9.76. The first-order chi connectivity index (χ1) is 7.13. The number of benzene rings is 1. The van der Waals surface area contributed by atoms with E-state index in [2.05, 4.69) is 10.3 Å². The Balaban J connectivity index is 2.80. The number of nitrogens with one attached hydrogen (secondary N) is 1. The Labute approximate surface area is 83.7 Å². The van der Waals surface area contributed by atoms with E-state index in [9.17, 15) is 13.2 Å². The molecule has 0 aliphatic heterocycles. The highest BCUT2D eigenvalue weighted by Crippen LogP contribution is 2.22. The molecule has 2 rings (SSSR count). The fraction of sp³-hybridized carbons (Fsp3) is 0.100. The van der Waals surface area contributed by atoms with Gasteiger partial charge in [-0.25, -0.2) is 18.2 Å². The van der Waals surface area contributed by atoms with Crippen molar-refractivity contribution in [3.8, 4) is 0 Å². The van der Waals surface area contributed by atoms with E-state index >= 15 is 0 Å². The lowest BCUT2D eigenvalue weighted by molar-refractivity contribution is 0.453. The summed E-state index contributed by atoms with van der Waals surface area (Å²) in [7, 11) is 1.63. The molecule has 0 saturated heterocycles. The van der Waals surface area contributed by atoms with Gasteiger partial charge in [-0.1, -0.05) is 0 Å². The van der Waals surface area contributed by atoms with Gasteiger partial charge < -0.3 is 5.32 Å². The molecule has 0 unspecified atom stereocenters. The summed E-state index contributed by atoms with van der Waals surface area (Å²) in [6, 6.07) is 3.71. The Morgan fingerprint density at radius 3 is 2.53 bits per heavy atom. The number of aromatic nitrogens is 1. The highest BCUT2D eigenvalue weighted by molar-refractivity contribution is 5.81. The summed E-state index contributed by atoms with van der Waals surface area (Å²) in [6.45, 7) is 0. The van der Waals surface area contributed by atoms with Crippen LogP contribution in [0.4, 0.5) is 19.0 Å². The standard InChI is InChI=1S/C10H7F3N2/c1-14-8-3-2-5-7(15-8)4-6(11)10(13)9(5)12/h2-4H,1H3,(H,14,15). The summed E-state index contributed by atoms with van der Waals surface area (Å²) in [5.41, 5.74) is 0.0817. The molecule has 1 aromatic heterocycles. The third-order valence-corrected chi connectivity index (χ3v) is 2.08. The van der Waals surface area contributed by atoms with Crippen LogP contribution in [0.15, 0.2) is 18.2 Å². The van der Waals surface area contributed by atoms with E-state index in [0.29, 0.717) is 5.82 Å². The fourth-order valence-electron chi connectivity index (χ4n) is 1.32. The first-order valence-electron chi connectivity index (χ1n) is 4.25. The largest absolute Gasteiger partial charge is 0.373 e. The maximum Gasteiger partial charge on any atom is 0.195 e. The lowest BCUT2D eigenvalue weighted by Gasteiger charge is -2.04. The minimum atomic E-state index is -1.47. The monoisotopic (exact) mass is 212 g/mol. The third-order valence-electron chi connectivity index (χ3n) is 2.08. The van der Waals surface area contributed by atoms with Gasteiger partial charge in [-0.05, 0) is 12.1 Å². The van der Waals surface area contributed by atoms with Gasteiger partial charge in [0.25, 0.3) is 0 Å². The molecular formula is C10H7F3N2. The van der Waals surface area contributed by atoms with Crippen molar-refractivity contribution in [2.24, 2.45) is 0 Å². The lowest BCUT2D eigenvalue weighted by Crippen LogP contribution is -1.96. The van der Waals surface area contributed by atoms with Crippen molar-refractivity contribution in [2.45, 2.75) is 0 Å². The lowest BCUT2D eigenvalue weighted by atomic mass is 10.2. The predicted octanol–water partition coefficient (Wildman–Crippen LogP) is 2.69. The number of nitrogens with zero attached hydrogens (tertiary/aromatic N) is 1. The number of halogens is 3. The Hall–Kier alpha value is -1.78. The van der Waals surface area contributed by atoms with Crippen LogP contribution in [-0.4, -0.2) is 12.0 Å². The molecule has 1 N–H and O–H groups in total. The number of fused-ring (bicyclic) bond motifs is 1. The van der Waals surface area contributed by atoms with Gasteiger partial charge in [0.2, 0.25) is 0 Å². The summed E-state index contributed by atoms with van der Waals surface area (Å²) in [5, 5.41) is 2.69. The molecule has 0 radical (unpaired) electrons. The second-order valence-electron chi connectivity index (χ2n) is 3.00. The minimum Gasteiger partial charge on any atom is -0.373 e. The first-order valence-corrected chi connectivity index (χ1v) is 4.25. The maximum absolute atomic E-state index is 13.2. The average molecular weight is 212 g/mol. The fourth-order valence-corrected chi connectivity index (χ4v) is 1.32. The predicted molar refractivity (Wildman–Crippen MR) is 51.2 cm³/mol. The van der Waals surface area contributed by atoms with Gasteiger partial charge in [-0.2, -0.15) is 0 Å². The van der Waals surface area contributed by atoms with E-state index in [0.717, 1.165) is 6.07 Å². The molecular weight excluding hydrogens is 205 g/mol. The molecule has 0 atom stereocenters. The van der Waals surface area contributed by atoms with E-state index in [-0.39, 0.29) is 10.9 Å². The van der Waals surface area contributed by atoms with Gasteiger partial charge in [0.1, 0.15) is 5.82 Å². The van der Waals surface area contributed by atoms with Crippen molar-refractivity contribution in [1.82, 2.24) is 4.98 Å². The third kappa shape index (κ3) is 1.49. The van der Waals surface area contributed by atoms with Crippen molar-refractivity contribution >= 4 is 16.7 Å². The minimum absolute atomic E-state index is 0.0344. The molecule has 1 heterocycles. The Bertz CT molecular complexity index is 526. The van der Waals surface area contributed by atoms with E-state index in [4.69, 9.17) is 0 Å². The topological polar surface area (TPSA) is 24.9 Å². The quantitative estimate of drug-likeness (QED) is 0.735. The highest BCUT2D eigenvalue weighted by atomic mass is 19.2. The second-order valence-corrected chi connectivity index (χ2v) is 3.00. The van der Waals surface area contributed by atoms with Crippen LogP contribution < -0.4 is 5.32 Å². The molecule has 2 nitrogen and oxygen atoms in total. The van der Waals surface area contributed by atoms with Gasteiger partial charge in [0.05, 0.1) is 5.52 Å². The van der Waals surface area contributed by atoms with E-state index in [1.807, 2.05) is 0 Å². The van der Waals surface area contributed by atoms with Gasteiger partial charge in [-0.15, -0.1) is 0 Å². The van der Waals surface area contributed by atoms with Gasteiger partial charge in [0.15, 0.2) is 17.5 Å². The molecule has 0 aliphatic rings. The van der Waals surface area contributed by atoms with E-state index in [1.165, 1.54) is 12.1 Å². The molecule has 15 heavy (non-hydrogen) atoms. The van der Waals surface area contributed by atoms with Crippen LogP contribution in [0.25, 0.3) is 10.9 Å². The molecule has 0 bridgehead atoms. The highest BCUT2D eigenvalue weighted by Gasteiger charge is 2.14. The van der Waals surface area contributed by atoms with Crippen LogP contribution in [0.3, 0.4) is 0 Å². The van der Waals surface area contributed by atoms with Gasteiger partial charge >= 0.3 is 0 Å². The number of pyridine rings is 1. The van der Waals surface area contributed by atoms with Crippen molar-refractivity contribution in [2.75, 3.05) is 12.4 Å². The number of hydrogen-bond acceptors (Lipinski definition) is 2. The molecule has 0 saturated carbocycles. The second kappa shape index (κ2) is 3.42. The number of rotatable bonds is 1. The Morgan fingerprint density at radius 1 is 1.13 bits per heavy atom. The Morgan fingerprint density at radius 2 is 1.87 bits per heavy atom. The summed E-state index contributed by atoms with van der Waals surface area (Å²) >= 11 is 0. The molecule has 0 aliphatic carbocycles. The molecule has 0 amide bonds. The van der Waals surface area contributed by atoms with Crippen LogP contribution in [0.1, 0.15) is 0 Å². The summed E-state index contributed by atoms with van der Waals surface area (Å²) in [4.78, 5) is 3.90. The van der Waals surface area contributed by atoms with Crippen LogP contribution in [0.5, 0.6) is 0 Å². The van der Waals surface area contributed by atoms with Crippen molar-refractivity contribution in [1.29, 1.82) is 0 Å². The smallest absolute Gasteiger partial charge is 0.195 e. The summed E-state index contributed by atoms with van der Waals surface area (Å²) in [5.74, 6) is -3.45. The van der Waals surface area contributed by atoms with Crippen molar-refractivity contribution in [3.63, 3.8) is 0 Å². The van der Waals surface area contributed by atoms with Crippen LogP contribution in [0.2, 0.25) is 0 Å². The zero-order valence-electron chi connectivity index (χ0n) is 7.81. The Kier molecular flexibility index (Phi) is 2.22. The average Bonchev–Trinajstić information content (AvgIpc) is 2.25. The molecule has 78 valence electrons. The molecule has 2 aromatic rings. The van der Waals surface area contributed by atoms with Crippen LogP contribution in [-0.2, 0) is 0 Å². The van der Waals surface area contributed by atoms with E-state index < -0.39 is 17.5 Å². The van der Waals surface area contributed by atoms with Crippen molar-refractivity contribution in [3.05, 3.63) is 35.7 Å². The molecule has 0 fully saturated rings. The van der Waals surface area contributed by atoms with Gasteiger partial charge in [-0.3, -0.25) is 0 Å². The van der Waals surface area contributed by atoms with Gasteiger partial charge in [0, 0.05) is 18.5 Å². The SMILES string of the molecule is CNc1ccc2c(F)c(F)c(F)cc2n1. The van der Waals surface area contributed by atoms with Crippen molar-refractivity contribution < 1.29 is 13.2 Å². The van der Waals surface area contributed by atoms with E-state index in [1.54, 1.807) is 7.05 Å². The van der Waals surface area contributed by atoms with Crippen LogP contribution >= 0.6 is 0 Å². The zero-order chi connectivity index (χ0) is 11.0. The summed E-state index contributed by atoms with van der Waals surface area (Å²) < 4.78 is 38.9. The number of anilines is 1. The molecule has 5 heteroatoms. The maximum atomic E-state index is 13.2. The normalized spacial score (nSPS) is 10.7. The molecule has 1 aromatic carbocycles.